The fourth-order valence-corrected chi connectivity index (χ4v) is 2.91. The minimum absolute atomic E-state index is 0.0496. The summed E-state index contributed by atoms with van der Waals surface area (Å²) in [5, 5.41) is 3.46. The van der Waals surface area contributed by atoms with Gasteiger partial charge in [0.05, 0.1) is 5.69 Å². The van der Waals surface area contributed by atoms with E-state index in [0.29, 0.717) is 12.0 Å². The first-order chi connectivity index (χ1) is 10.1. The Hall–Kier alpha value is -1.09. The summed E-state index contributed by atoms with van der Waals surface area (Å²) < 4.78 is 14.5. The molecule has 0 unspecified atom stereocenters. The van der Waals surface area contributed by atoms with Gasteiger partial charge in [-0.3, -0.25) is 0 Å². The summed E-state index contributed by atoms with van der Waals surface area (Å²) in [6.07, 6.45) is 5.08. The number of para-hydroxylation sites is 1. The van der Waals surface area contributed by atoms with Crippen molar-refractivity contribution < 1.29 is 4.39 Å². The Balaban J connectivity index is 1.77. The maximum atomic E-state index is 14.5. The van der Waals surface area contributed by atoms with Gasteiger partial charge in [-0.15, -0.1) is 0 Å². The van der Waals surface area contributed by atoms with Crippen LogP contribution >= 0.6 is 0 Å². The minimum Gasteiger partial charge on any atom is -0.366 e. The molecule has 2 fully saturated rings. The van der Waals surface area contributed by atoms with E-state index in [9.17, 15) is 4.39 Å². The fraction of sp³-hybridized carbons (Fsp3) is 0.667. The molecule has 0 atom stereocenters. The van der Waals surface area contributed by atoms with Gasteiger partial charge in [0, 0.05) is 19.1 Å². The van der Waals surface area contributed by atoms with Gasteiger partial charge in [-0.25, -0.2) is 4.39 Å². The first kappa shape index (κ1) is 14.8. The first-order valence-corrected chi connectivity index (χ1v) is 8.40. The van der Waals surface area contributed by atoms with Gasteiger partial charge in [-0.05, 0) is 55.7 Å². The van der Waals surface area contributed by atoms with E-state index in [-0.39, 0.29) is 5.82 Å². The van der Waals surface area contributed by atoms with Crippen LogP contribution in [0, 0.1) is 17.7 Å². The van der Waals surface area contributed by atoms with Crippen molar-refractivity contribution in [3.05, 3.63) is 29.6 Å². The molecule has 21 heavy (non-hydrogen) atoms. The third-order valence-corrected chi connectivity index (χ3v) is 4.37. The van der Waals surface area contributed by atoms with Gasteiger partial charge >= 0.3 is 0 Å². The second-order valence-corrected chi connectivity index (χ2v) is 7.10. The summed E-state index contributed by atoms with van der Waals surface area (Å²) in [6, 6.07) is 6.11. The van der Waals surface area contributed by atoms with Crippen LogP contribution < -0.4 is 10.2 Å². The molecule has 1 aromatic rings. The van der Waals surface area contributed by atoms with Crippen LogP contribution in [0.1, 0.15) is 45.1 Å². The molecule has 0 bridgehead atoms. The van der Waals surface area contributed by atoms with Crippen LogP contribution in [0.3, 0.4) is 0 Å². The summed E-state index contributed by atoms with van der Waals surface area (Å²) in [7, 11) is 0. The van der Waals surface area contributed by atoms with Crippen molar-refractivity contribution in [3.63, 3.8) is 0 Å². The zero-order chi connectivity index (χ0) is 14.8. The normalized spacial score (nSPS) is 18.3. The standard InChI is InChI=1S/C18H27FN2/c1-13(2)10-20-11-15-4-3-5-17(19)18(15)21(16-8-9-16)12-14-6-7-14/h3-5,13-14,16,20H,6-12H2,1-2H3. The highest BCUT2D eigenvalue weighted by atomic mass is 19.1. The van der Waals surface area contributed by atoms with E-state index in [2.05, 4.69) is 30.1 Å². The molecule has 116 valence electrons. The Morgan fingerprint density at radius 2 is 2.00 bits per heavy atom. The largest absolute Gasteiger partial charge is 0.366 e. The molecule has 2 aliphatic rings. The third-order valence-electron chi connectivity index (χ3n) is 4.37. The predicted molar refractivity (Wildman–Crippen MR) is 86.0 cm³/mol. The molecule has 0 spiro atoms. The molecule has 0 aliphatic heterocycles. The van der Waals surface area contributed by atoms with Gasteiger partial charge in [0.25, 0.3) is 0 Å². The molecule has 0 aromatic heterocycles. The quantitative estimate of drug-likeness (QED) is 0.780. The zero-order valence-electron chi connectivity index (χ0n) is 13.2. The highest BCUT2D eigenvalue weighted by Crippen LogP contribution is 2.39. The van der Waals surface area contributed by atoms with Crippen molar-refractivity contribution in [1.29, 1.82) is 0 Å². The van der Waals surface area contributed by atoms with E-state index in [1.165, 1.54) is 25.7 Å². The van der Waals surface area contributed by atoms with Gasteiger partial charge < -0.3 is 10.2 Å². The topological polar surface area (TPSA) is 15.3 Å². The zero-order valence-corrected chi connectivity index (χ0v) is 13.2. The molecule has 0 heterocycles. The van der Waals surface area contributed by atoms with Gasteiger partial charge in [0.2, 0.25) is 0 Å². The number of halogens is 1. The number of hydrogen-bond donors (Lipinski definition) is 1. The predicted octanol–water partition coefficient (Wildman–Crippen LogP) is 3.95. The van der Waals surface area contributed by atoms with Crippen molar-refractivity contribution in [2.45, 2.75) is 52.1 Å². The molecule has 2 saturated carbocycles. The number of rotatable bonds is 8. The molecule has 3 rings (SSSR count). The van der Waals surface area contributed by atoms with Gasteiger partial charge in [0.15, 0.2) is 0 Å². The molecular formula is C18H27FN2. The average Bonchev–Trinajstić information content (AvgIpc) is 3.30. The van der Waals surface area contributed by atoms with Crippen LogP contribution in [0.15, 0.2) is 18.2 Å². The Morgan fingerprint density at radius 1 is 1.24 bits per heavy atom. The molecule has 3 heteroatoms. The van der Waals surface area contributed by atoms with Crippen LogP contribution in [0.2, 0.25) is 0 Å². The Morgan fingerprint density at radius 3 is 2.62 bits per heavy atom. The summed E-state index contributed by atoms with van der Waals surface area (Å²) in [4.78, 5) is 2.36. The molecule has 0 amide bonds. The molecule has 2 nitrogen and oxygen atoms in total. The lowest BCUT2D eigenvalue weighted by Crippen LogP contribution is -2.31. The average molecular weight is 290 g/mol. The summed E-state index contributed by atoms with van der Waals surface area (Å²) in [5.41, 5.74) is 1.98. The number of nitrogens with zero attached hydrogens (tertiary/aromatic N) is 1. The number of hydrogen-bond acceptors (Lipinski definition) is 2. The van der Waals surface area contributed by atoms with Crippen molar-refractivity contribution in [3.8, 4) is 0 Å². The SMILES string of the molecule is CC(C)CNCc1cccc(F)c1N(CC1CC1)C1CC1. The first-order valence-electron chi connectivity index (χ1n) is 8.40. The highest BCUT2D eigenvalue weighted by molar-refractivity contribution is 5.56. The number of anilines is 1. The fourth-order valence-electron chi connectivity index (χ4n) is 2.91. The Kier molecular flexibility index (Phi) is 4.48. The summed E-state index contributed by atoms with van der Waals surface area (Å²) in [5.74, 6) is 1.36. The second kappa shape index (κ2) is 6.35. The van der Waals surface area contributed by atoms with E-state index in [1.807, 2.05) is 6.07 Å². The van der Waals surface area contributed by atoms with Crippen LogP contribution in [-0.4, -0.2) is 19.1 Å². The molecule has 1 N–H and O–H groups in total. The summed E-state index contributed by atoms with van der Waals surface area (Å²) in [6.45, 7) is 7.18. The molecule has 0 saturated heterocycles. The molecule has 2 aliphatic carbocycles. The third kappa shape index (κ3) is 3.97. The number of nitrogens with one attached hydrogen (secondary N) is 1. The van der Waals surface area contributed by atoms with E-state index in [0.717, 1.165) is 36.8 Å². The van der Waals surface area contributed by atoms with Crippen molar-refractivity contribution >= 4 is 5.69 Å². The molecule has 1 aromatic carbocycles. The van der Waals surface area contributed by atoms with Crippen molar-refractivity contribution in [2.24, 2.45) is 11.8 Å². The second-order valence-electron chi connectivity index (χ2n) is 7.10. The van der Waals surface area contributed by atoms with Crippen LogP contribution in [0.4, 0.5) is 10.1 Å². The lowest BCUT2D eigenvalue weighted by atomic mass is 10.1. The van der Waals surface area contributed by atoms with Crippen molar-refractivity contribution in [2.75, 3.05) is 18.0 Å². The van der Waals surface area contributed by atoms with E-state index in [4.69, 9.17) is 0 Å². The molecule has 0 radical (unpaired) electrons. The van der Waals surface area contributed by atoms with E-state index in [1.54, 1.807) is 6.07 Å². The Labute approximate surface area is 127 Å². The number of benzene rings is 1. The molecular weight excluding hydrogens is 263 g/mol. The van der Waals surface area contributed by atoms with Gasteiger partial charge in [0.1, 0.15) is 5.82 Å². The minimum atomic E-state index is -0.0496. The Bertz CT molecular complexity index is 478. The summed E-state index contributed by atoms with van der Waals surface area (Å²) >= 11 is 0. The van der Waals surface area contributed by atoms with Crippen LogP contribution in [0.5, 0.6) is 0 Å². The van der Waals surface area contributed by atoms with E-state index < -0.39 is 0 Å². The highest BCUT2D eigenvalue weighted by Gasteiger charge is 2.35. The maximum Gasteiger partial charge on any atom is 0.146 e. The lowest BCUT2D eigenvalue weighted by molar-refractivity contribution is 0.547. The van der Waals surface area contributed by atoms with Crippen molar-refractivity contribution in [1.82, 2.24) is 5.32 Å². The van der Waals surface area contributed by atoms with Gasteiger partial charge in [-0.2, -0.15) is 0 Å². The van der Waals surface area contributed by atoms with Gasteiger partial charge in [-0.1, -0.05) is 26.0 Å². The maximum absolute atomic E-state index is 14.5. The lowest BCUT2D eigenvalue weighted by Gasteiger charge is -2.28. The monoisotopic (exact) mass is 290 g/mol. The smallest absolute Gasteiger partial charge is 0.146 e. The van der Waals surface area contributed by atoms with E-state index >= 15 is 0 Å². The van der Waals surface area contributed by atoms with Crippen LogP contribution in [0.25, 0.3) is 0 Å². The van der Waals surface area contributed by atoms with Crippen LogP contribution in [-0.2, 0) is 6.54 Å².